The van der Waals surface area contributed by atoms with Crippen LogP contribution in [0.3, 0.4) is 0 Å². The molecule has 1 aliphatic rings. The van der Waals surface area contributed by atoms with Gasteiger partial charge in [0.2, 0.25) is 11.8 Å². The Morgan fingerprint density at radius 3 is 2.85 bits per heavy atom. The summed E-state index contributed by atoms with van der Waals surface area (Å²) >= 11 is 0. The fraction of sp³-hybridized carbons (Fsp3) is 0.786. The minimum Gasteiger partial charge on any atom is -0.352 e. The number of likely N-dealkylation sites (tertiary alicyclic amines) is 1. The first-order chi connectivity index (χ1) is 9.34. The van der Waals surface area contributed by atoms with Crippen molar-refractivity contribution in [1.82, 2.24) is 20.4 Å². The fourth-order valence-corrected chi connectivity index (χ4v) is 2.32. The van der Waals surface area contributed by atoms with E-state index < -0.39 is 0 Å². The minimum absolute atomic E-state index is 0.111. The van der Waals surface area contributed by atoms with Crippen molar-refractivity contribution in [3.8, 4) is 0 Å². The number of amides is 1. The molecule has 1 N–H and O–H groups in total. The van der Waals surface area contributed by atoms with E-state index in [1.807, 2.05) is 20.8 Å². The molecule has 0 radical (unpaired) electrons. The molecule has 6 nitrogen and oxygen atoms in total. The normalized spacial score (nSPS) is 20.9. The zero-order chi connectivity index (χ0) is 14.8. The van der Waals surface area contributed by atoms with E-state index in [9.17, 15) is 4.79 Å². The molecular weight excluding hydrogens is 256 g/mol. The van der Waals surface area contributed by atoms with Crippen LogP contribution in [0.25, 0.3) is 0 Å². The third-order valence-corrected chi connectivity index (χ3v) is 3.46. The summed E-state index contributed by atoms with van der Waals surface area (Å²) in [5, 5.41) is 7.05. The Morgan fingerprint density at radius 1 is 1.50 bits per heavy atom. The molecule has 2 rings (SSSR count). The lowest BCUT2D eigenvalue weighted by atomic mass is 9.94. The number of aryl methyl sites for hydroxylation is 1. The Bertz CT molecular complexity index is 464. The maximum atomic E-state index is 12.0. The molecule has 112 valence electrons. The van der Waals surface area contributed by atoms with Crippen LogP contribution in [0, 0.1) is 12.3 Å². The molecule has 1 amide bonds. The molecule has 1 unspecified atom stereocenters. The van der Waals surface area contributed by atoms with Crippen molar-refractivity contribution >= 4 is 5.91 Å². The van der Waals surface area contributed by atoms with Crippen molar-refractivity contribution in [3.63, 3.8) is 0 Å². The van der Waals surface area contributed by atoms with Crippen LogP contribution in [-0.4, -0.2) is 40.1 Å². The second-order valence-electron chi connectivity index (χ2n) is 6.53. The van der Waals surface area contributed by atoms with E-state index in [4.69, 9.17) is 4.52 Å². The molecular formula is C14H24N4O2. The van der Waals surface area contributed by atoms with Gasteiger partial charge in [-0.15, -0.1) is 0 Å². The number of hydrogen-bond donors (Lipinski definition) is 1. The van der Waals surface area contributed by atoms with E-state index in [1.54, 1.807) is 6.92 Å². The van der Waals surface area contributed by atoms with Crippen molar-refractivity contribution in [3.05, 3.63) is 11.7 Å². The Hall–Kier alpha value is -1.43. The van der Waals surface area contributed by atoms with Gasteiger partial charge >= 0.3 is 0 Å². The van der Waals surface area contributed by atoms with Crippen LogP contribution in [0.4, 0.5) is 0 Å². The highest BCUT2D eigenvalue weighted by Crippen LogP contribution is 2.17. The molecule has 1 aromatic rings. The van der Waals surface area contributed by atoms with Crippen molar-refractivity contribution in [2.24, 2.45) is 5.41 Å². The van der Waals surface area contributed by atoms with Gasteiger partial charge in [0.25, 0.3) is 0 Å². The van der Waals surface area contributed by atoms with Gasteiger partial charge < -0.3 is 9.84 Å². The summed E-state index contributed by atoms with van der Waals surface area (Å²) in [7, 11) is 0. The van der Waals surface area contributed by atoms with Gasteiger partial charge in [-0.3, -0.25) is 9.69 Å². The summed E-state index contributed by atoms with van der Waals surface area (Å²) in [5.74, 6) is 1.42. The Balaban J connectivity index is 1.87. The Labute approximate surface area is 119 Å². The lowest BCUT2D eigenvalue weighted by molar-refractivity contribution is -0.129. The third-order valence-electron chi connectivity index (χ3n) is 3.46. The summed E-state index contributed by atoms with van der Waals surface area (Å²) in [6, 6.07) is 0.212. The molecule has 0 bridgehead atoms. The summed E-state index contributed by atoms with van der Waals surface area (Å²) in [4.78, 5) is 18.5. The van der Waals surface area contributed by atoms with Gasteiger partial charge in [-0.1, -0.05) is 25.9 Å². The molecule has 1 aliphatic heterocycles. The van der Waals surface area contributed by atoms with E-state index in [0.29, 0.717) is 18.3 Å². The molecule has 1 aromatic heterocycles. The standard InChI is InChI=1S/C14H24N4O2/c1-10-15-12(17-20-10)9-18-7-5-6-11(8-18)16-13(19)14(2,3)4/h11H,5-9H2,1-4H3,(H,16,19). The van der Waals surface area contributed by atoms with E-state index in [2.05, 4.69) is 20.4 Å². The monoisotopic (exact) mass is 280 g/mol. The molecule has 0 aromatic carbocycles. The second kappa shape index (κ2) is 5.91. The number of carbonyl (C=O) groups excluding carboxylic acids is 1. The number of hydrogen-bond acceptors (Lipinski definition) is 5. The summed E-state index contributed by atoms with van der Waals surface area (Å²) < 4.78 is 4.98. The van der Waals surface area contributed by atoms with Gasteiger partial charge in [0.15, 0.2) is 5.82 Å². The van der Waals surface area contributed by atoms with Crippen molar-refractivity contribution in [2.75, 3.05) is 13.1 Å². The predicted octanol–water partition coefficient (Wildman–Crippen LogP) is 1.50. The van der Waals surface area contributed by atoms with E-state index in [0.717, 1.165) is 25.9 Å². The summed E-state index contributed by atoms with van der Waals surface area (Å²) in [6.07, 6.45) is 2.11. The fourth-order valence-electron chi connectivity index (χ4n) is 2.32. The quantitative estimate of drug-likeness (QED) is 0.908. The SMILES string of the molecule is Cc1nc(CN2CCCC(NC(=O)C(C)(C)C)C2)no1. The number of piperidine rings is 1. The third kappa shape index (κ3) is 4.03. The topological polar surface area (TPSA) is 71.3 Å². The van der Waals surface area contributed by atoms with Crippen LogP contribution in [0.15, 0.2) is 4.52 Å². The molecule has 1 fully saturated rings. The van der Waals surface area contributed by atoms with Gasteiger partial charge in [-0.25, -0.2) is 0 Å². The molecule has 1 atom stereocenters. The molecule has 2 heterocycles. The zero-order valence-corrected chi connectivity index (χ0v) is 12.8. The molecule has 20 heavy (non-hydrogen) atoms. The van der Waals surface area contributed by atoms with Crippen LogP contribution in [0.2, 0.25) is 0 Å². The first-order valence-corrected chi connectivity index (χ1v) is 7.17. The minimum atomic E-state index is -0.340. The largest absolute Gasteiger partial charge is 0.352 e. The molecule has 6 heteroatoms. The van der Waals surface area contributed by atoms with Crippen LogP contribution in [0.1, 0.15) is 45.3 Å². The first kappa shape index (κ1) is 15.0. The van der Waals surface area contributed by atoms with Crippen LogP contribution in [0.5, 0.6) is 0 Å². The van der Waals surface area contributed by atoms with Crippen LogP contribution in [-0.2, 0) is 11.3 Å². The van der Waals surface area contributed by atoms with Gasteiger partial charge in [0.1, 0.15) is 0 Å². The second-order valence-corrected chi connectivity index (χ2v) is 6.53. The maximum Gasteiger partial charge on any atom is 0.225 e. The van der Waals surface area contributed by atoms with Crippen LogP contribution >= 0.6 is 0 Å². The summed E-state index contributed by atoms with van der Waals surface area (Å²) in [6.45, 7) is 10.1. The smallest absolute Gasteiger partial charge is 0.225 e. The Morgan fingerprint density at radius 2 is 2.25 bits per heavy atom. The molecule has 0 spiro atoms. The van der Waals surface area contributed by atoms with E-state index in [1.165, 1.54) is 0 Å². The number of carbonyl (C=O) groups is 1. The van der Waals surface area contributed by atoms with Crippen molar-refractivity contribution in [2.45, 2.75) is 53.1 Å². The molecule has 0 saturated carbocycles. The van der Waals surface area contributed by atoms with E-state index >= 15 is 0 Å². The lowest BCUT2D eigenvalue weighted by Gasteiger charge is -2.33. The number of rotatable bonds is 3. The average molecular weight is 280 g/mol. The lowest BCUT2D eigenvalue weighted by Crippen LogP contribution is -2.50. The summed E-state index contributed by atoms with van der Waals surface area (Å²) in [5.41, 5.74) is -0.340. The first-order valence-electron chi connectivity index (χ1n) is 7.17. The maximum absolute atomic E-state index is 12.0. The molecule has 0 aliphatic carbocycles. The van der Waals surface area contributed by atoms with Crippen LogP contribution < -0.4 is 5.32 Å². The predicted molar refractivity (Wildman–Crippen MR) is 74.9 cm³/mol. The average Bonchev–Trinajstić information content (AvgIpc) is 2.74. The number of nitrogens with zero attached hydrogens (tertiary/aromatic N) is 3. The highest BCUT2D eigenvalue weighted by molar-refractivity contribution is 5.81. The van der Waals surface area contributed by atoms with Crippen molar-refractivity contribution in [1.29, 1.82) is 0 Å². The zero-order valence-electron chi connectivity index (χ0n) is 12.8. The number of aromatic nitrogens is 2. The van der Waals surface area contributed by atoms with E-state index in [-0.39, 0.29) is 17.4 Å². The highest BCUT2D eigenvalue weighted by atomic mass is 16.5. The van der Waals surface area contributed by atoms with Crippen molar-refractivity contribution < 1.29 is 9.32 Å². The van der Waals surface area contributed by atoms with Gasteiger partial charge in [-0.05, 0) is 19.4 Å². The van der Waals surface area contributed by atoms with Gasteiger partial charge in [0, 0.05) is 24.9 Å². The van der Waals surface area contributed by atoms with Gasteiger partial charge in [0.05, 0.1) is 6.54 Å². The van der Waals surface area contributed by atoms with Gasteiger partial charge in [-0.2, -0.15) is 4.98 Å². The highest BCUT2D eigenvalue weighted by Gasteiger charge is 2.27. The number of nitrogens with one attached hydrogen (secondary N) is 1. The molecule has 1 saturated heterocycles. The Kier molecular flexibility index (Phi) is 4.42.